The van der Waals surface area contributed by atoms with Gasteiger partial charge in [0.25, 0.3) is 0 Å². The van der Waals surface area contributed by atoms with Gasteiger partial charge in [0.2, 0.25) is 0 Å². The van der Waals surface area contributed by atoms with Gasteiger partial charge in [-0.1, -0.05) is 56.6 Å². The van der Waals surface area contributed by atoms with E-state index in [1.54, 1.807) is 6.20 Å². The Kier molecular flexibility index (Phi) is 10.5. The van der Waals surface area contributed by atoms with Crippen molar-refractivity contribution in [2.75, 3.05) is 26.2 Å². The number of allylic oxidation sites excluding steroid dienone is 2. The van der Waals surface area contributed by atoms with Crippen LogP contribution in [-0.4, -0.2) is 58.0 Å². The van der Waals surface area contributed by atoms with E-state index in [1.807, 2.05) is 42.7 Å². The second-order valence-corrected chi connectivity index (χ2v) is 9.20. The Hall–Kier alpha value is -2.44. The molecule has 0 spiro atoms. The molecule has 7 heteroatoms. The van der Waals surface area contributed by atoms with Gasteiger partial charge in [-0.2, -0.15) is 0 Å². The smallest absolute Gasteiger partial charge is 0.168 e. The minimum Gasteiger partial charge on any atom is -0.362 e. The fraction of sp³-hybridized carbons (Fsp3) is 0.500. The summed E-state index contributed by atoms with van der Waals surface area (Å²) in [5, 5.41) is 0.875. The van der Waals surface area contributed by atoms with Crippen molar-refractivity contribution in [2.45, 2.75) is 65.7 Å². The molecule has 2 fully saturated rings. The molecule has 1 aromatic heterocycles. The third-order valence-corrected chi connectivity index (χ3v) is 6.94. The van der Waals surface area contributed by atoms with Crippen LogP contribution in [0.4, 0.5) is 4.39 Å². The number of hydrogen-bond donors (Lipinski definition) is 0. The van der Waals surface area contributed by atoms with Crippen molar-refractivity contribution in [1.82, 2.24) is 19.4 Å². The van der Waals surface area contributed by atoms with Crippen LogP contribution in [0.3, 0.4) is 0 Å². The number of benzene rings is 1. The molecule has 1 aromatic carbocycles. The summed E-state index contributed by atoms with van der Waals surface area (Å²) in [7, 11) is 0. The van der Waals surface area contributed by atoms with E-state index >= 15 is 0 Å². The largest absolute Gasteiger partial charge is 0.362 e. The van der Waals surface area contributed by atoms with Crippen LogP contribution in [0.5, 0.6) is 0 Å². The van der Waals surface area contributed by atoms with Crippen LogP contribution in [0.1, 0.15) is 61.9 Å². The first-order valence-electron chi connectivity index (χ1n) is 12.8. The monoisotopic (exact) mass is 500 g/mol. The van der Waals surface area contributed by atoms with E-state index in [1.165, 1.54) is 36.1 Å². The standard InChI is InChI=1S/C18H23FN4O.C8H9Cl.C2H6/c19-15-10-21(11-15)6-2-5-17(14-3-1-4-14)22-7-8-23-16(13-24)9-20-18(23)12-22;1-2-7-5-3-4-6-8(7)9;1-2/h2,5,9,13,15H,1,3-4,6-8,10-12H2;3-6H,2H2,1H3;1-2H3/b5-2+;;. The van der Waals surface area contributed by atoms with Crippen LogP contribution in [0, 0.1) is 0 Å². The predicted molar refractivity (Wildman–Crippen MR) is 142 cm³/mol. The molecule has 0 amide bonds. The second-order valence-electron chi connectivity index (χ2n) is 8.80. The molecule has 0 bridgehead atoms. The SMILES string of the molecule is CC.CCc1ccccc1Cl.O=Cc1cnc2n1CCN(C(/C=C/CN1CC(F)C1)=C1CCC1)C2. The first-order valence-corrected chi connectivity index (χ1v) is 13.2. The molecule has 0 radical (unpaired) electrons. The van der Waals surface area contributed by atoms with E-state index in [2.05, 4.69) is 33.9 Å². The highest BCUT2D eigenvalue weighted by Crippen LogP contribution is 2.32. The topological polar surface area (TPSA) is 41.4 Å². The zero-order valence-electron chi connectivity index (χ0n) is 21.2. The van der Waals surface area contributed by atoms with Crippen LogP contribution < -0.4 is 0 Å². The number of likely N-dealkylation sites (tertiary alicyclic amines) is 1. The van der Waals surface area contributed by atoms with Crippen LogP contribution in [0.15, 0.2) is 53.9 Å². The number of aryl methyl sites for hydroxylation is 1. The second kappa shape index (κ2) is 13.6. The minimum atomic E-state index is -0.643. The first kappa shape index (κ1) is 27.2. The van der Waals surface area contributed by atoms with E-state index in [9.17, 15) is 9.18 Å². The van der Waals surface area contributed by atoms with E-state index in [0.717, 1.165) is 49.7 Å². The number of rotatable bonds is 6. The fourth-order valence-electron chi connectivity index (χ4n) is 4.39. The lowest BCUT2D eigenvalue weighted by molar-refractivity contribution is 0.0771. The molecule has 1 aliphatic carbocycles. The molecule has 0 N–H and O–H groups in total. The molecule has 2 aromatic rings. The lowest BCUT2D eigenvalue weighted by Gasteiger charge is -2.35. The Bertz CT molecular complexity index is 1020. The molecule has 3 heterocycles. The number of hydrogen-bond acceptors (Lipinski definition) is 4. The third-order valence-electron chi connectivity index (χ3n) is 6.57. The van der Waals surface area contributed by atoms with Crippen molar-refractivity contribution in [3.05, 3.63) is 76.0 Å². The highest BCUT2D eigenvalue weighted by Gasteiger charge is 2.26. The molecular weight excluding hydrogens is 463 g/mol. The van der Waals surface area contributed by atoms with Gasteiger partial charge < -0.3 is 9.47 Å². The van der Waals surface area contributed by atoms with Gasteiger partial charge in [0, 0.05) is 43.4 Å². The van der Waals surface area contributed by atoms with E-state index in [-0.39, 0.29) is 0 Å². The highest BCUT2D eigenvalue weighted by molar-refractivity contribution is 6.31. The van der Waals surface area contributed by atoms with E-state index < -0.39 is 6.17 Å². The Morgan fingerprint density at radius 3 is 2.51 bits per heavy atom. The zero-order valence-corrected chi connectivity index (χ0v) is 22.0. The molecule has 35 heavy (non-hydrogen) atoms. The van der Waals surface area contributed by atoms with Gasteiger partial charge in [0.05, 0.1) is 12.7 Å². The number of carbonyl (C=O) groups excluding carboxylic acids is 1. The van der Waals surface area contributed by atoms with Crippen LogP contribution in [-0.2, 0) is 19.5 Å². The van der Waals surface area contributed by atoms with Crippen LogP contribution >= 0.6 is 11.6 Å². The van der Waals surface area contributed by atoms with Crippen molar-refractivity contribution >= 4 is 17.9 Å². The number of carbonyl (C=O) groups is 1. The summed E-state index contributed by atoms with van der Waals surface area (Å²) >= 11 is 5.82. The third kappa shape index (κ3) is 7.05. The van der Waals surface area contributed by atoms with Crippen molar-refractivity contribution in [3.63, 3.8) is 0 Å². The molecule has 1 saturated carbocycles. The fourth-order valence-corrected chi connectivity index (χ4v) is 4.66. The Labute approximate surface area is 214 Å². The molecular formula is C28H38ClFN4O. The number of fused-ring (bicyclic) bond motifs is 1. The van der Waals surface area contributed by atoms with Gasteiger partial charge >= 0.3 is 0 Å². The summed E-state index contributed by atoms with van der Waals surface area (Å²) in [6, 6.07) is 7.91. The quantitative estimate of drug-likeness (QED) is 0.450. The van der Waals surface area contributed by atoms with Crippen molar-refractivity contribution in [1.29, 1.82) is 0 Å². The maximum atomic E-state index is 12.9. The molecule has 5 rings (SSSR count). The Morgan fingerprint density at radius 2 is 1.94 bits per heavy atom. The lowest BCUT2D eigenvalue weighted by atomic mass is 9.89. The lowest BCUT2D eigenvalue weighted by Crippen LogP contribution is -2.48. The molecule has 5 nitrogen and oxygen atoms in total. The molecule has 2 aliphatic heterocycles. The van der Waals surface area contributed by atoms with Gasteiger partial charge in [-0.25, -0.2) is 9.37 Å². The summed E-state index contributed by atoms with van der Waals surface area (Å²) in [6.45, 7) is 10.5. The molecule has 0 unspecified atom stereocenters. The normalized spacial score (nSPS) is 17.4. The summed E-state index contributed by atoms with van der Waals surface area (Å²) < 4.78 is 14.9. The van der Waals surface area contributed by atoms with Crippen LogP contribution in [0.25, 0.3) is 0 Å². The maximum Gasteiger partial charge on any atom is 0.168 e. The van der Waals surface area contributed by atoms with Crippen molar-refractivity contribution in [3.8, 4) is 0 Å². The first-order chi connectivity index (χ1) is 17.1. The molecule has 3 aliphatic rings. The van der Waals surface area contributed by atoms with Crippen molar-refractivity contribution < 1.29 is 9.18 Å². The molecule has 190 valence electrons. The van der Waals surface area contributed by atoms with Gasteiger partial charge in [-0.05, 0) is 49.0 Å². The minimum absolute atomic E-state index is 0.561. The van der Waals surface area contributed by atoms with Crippen molar-refractivity contribution in [2.24, 2.45) is 0 Å². The number of aldehydes is 1. The summed E-state index contributed by atoms with van der Waals surface area (Å²) in [5.74, 6) is 0.956. The number of imidazole rings is 1. The predicted octanol–water partition coefficient (Wildman–Crippen LogP) is 6.09. The Morgan fingerprint density at radius 1 is 1.20 bits per heavy atom. The Balaban J connectivity index is 0.000000262. The van der Waals surface area contributed by atoms with Gasteiger partial charge in [0.15, 0.2) is 6.29 Å². The summed E-state index contributed by atoms with van der Waals surface area (Å²) in [5.41, 5.74) is 4.70. The zero-order chi connectivity index (χ0) is 25.2. The number of aromatic nitrogens is 2. The summed E-state index contributed by atoms with van der Waals surface area (Å²) in [6.07, 6.45) is 10.9. The van der Waals surface area contributed by atoms with Gasteiger partial charge in [0.1, 0.15) is 17.7 Å². The number of halogens is 2. The number of alkyl halides is 1. The summed E-state index contributed by atoms with van der Waals surface area (Å²) in [4.78, 5) is 19.9. The van der Waals surface area contributed by atoms with Crippen LogP contribution in [0.2, 0.25) is 5.02 Å². The maximum absolute atomic E-state index is 12.9. The molecule has 0 atom stereocenters. The average Bonchev–Trinajstić information content (AvgIpc) is 3.25. The van der Waals surface area contributed by atoms with E-state index in [4.69, 9.17) is 11.6 Å². The highest BCUT2D eigenvalue weighted by atomic mass is 35.5. The molecule has 1 saturated heterocycles. The van der Waals surface area contributed by atoms with Gasteiger partial charge in [-0.15, -0.1) is 0 Å². The van der Waals surface area contributed by atoms with E-state index in [0.29, 0.717) is 18.8 Å². The van der Waals surface area contributed by atoms with Gasteiger partial charge in [-0.3, -0.25) is 9.69 Å². The average molecular weight is 501 g/mol. The number of nitrogens with zero attached hydrogens (tertiary/aromatic N) is 4.